The van der Waals surface area contributed by atoms with Gasteiger partial charge in [-0.15, -0.1) is 0 Å². The molecule has 1 saturated heterocycles. The molecule has 3 aromatic rings. The number of benzene rings is 1. The molecule has 6 nitrogen and oxygen atoms in total. The smallest absolute Gasteiger partial charge is 0.235 e. The molecule has 102 valence electrons. The summed E-state index contributed by atoms with van der Waals surface area (Å²) in [6, 6.07) is 9.79. The molecule has 4 rings (SSSR count). The molecule has 0 saturated carbocycles. The van der Waals surface area contributed by atoms with Gasteiger partial charge < -0.3 is 13.9 Å². The summed E-state index contributed by atoms with van der Waals surface area (Å²) in [7, 11) is 0. The maximum Gasteiger partial charge on any atom is 0.235 e. The van der Waals surface area contributed by atoms with Crippen LogP contribution in [0.2, 0.25) is 0 Å². The van der Waals surface area contributed by atoms with Gasteiger partial charge in [0.05, 0.1) is 19.6 Å². The van der Waals surface area contributed by atoms with E-state index in [9.17, 15) is 0 Å². The van der Waals surface area contributed by atoms with Crippen molar-refractivity contribution in [1.29, 1.82) is 0 Å². The number of aromatic nitrogens is 3. The van der Waals surface area contributed by atoms with Crippen LogP contribution in [0.5, 0.6) is 0 Å². The van der Waals surface area contributed by atoms with Gasteiger partial charge in [0, 0.05) is 5.39 Å². The van der Waals surface area contributed by atoms with E-state index in [4.69, 9.17) is 13.9 Å². The van der Waals surface area contributed by atoms with E-state index in [0.29, 0.717) is 31.2 Å². The van der Waals surface area contributed by atoms with Crippen molar-refractivity contribution >= 4 is 11.0 Å². The second-order valence-corrected chi connectivity index (χ2v) is 4.71. The number of hydrogen-bond acceptors (Lipinski definition) is 5. The lowest BCUT2D eigenvalue weighted by Gasteiger charge is -2.23. The van der Waals surface area contributed by atoms with Gasteiger partial charge in [0.2, 0.25) is 5.79 Å². The molecule has 0 radical (unpaired) electrons. The molecule has 0 spiro atoms. The third-order valence-electron chi connectivity index (χ3n) is 3.42. The Labute approximate surface area is 114 Å². The van der Waals surface area contributed by atoms with Crippen LogP contribution in [0, 0.1) is 0 Å². The number of para-hydroxylation sites is 1. The van der Waals surface area contributed by atoms with Crippen LogP contribution < -0.4 is 0 Å². The minimum absolute atomic E-state index is 0.437. The minimum atomic E-state index is -0.918. The van der Waals surface area contributed by atoms with Crippen LogP contribution in [0.15, 0.2) is 41.1 Å². The predicted octanol–water partition coefficient (Wildman–Crippen LogP) is 1.99. The first-order valence-corrected chi connectivity index (χ1v) is 6.47. The van der Waals surface area contributed by atoms with Gasteiger partial charge in [-0.3, -0.25) is 5.10 Å². The number of H-pyrrole nitrogens is 1. The monoisotopic (exact) mass is 271 g/mol. The maximum absolute atomic E-state index is 5.89. The molecule has 1 aromatic carbocycles. The molecule has 1 fully saturated rings. The molecule has 0 aliphatic carbocycles. The molecule has 0 unspecified atom stereocenters. The maximum atomic E-state index is 5.89. The topological polar surface area (TPSA) is 73.2 Å². The molecular weight excluding hydrogens is 258 g/mol. The van der Waals surface area contributed by atoms with Gasteiger partial charge in [-0.05, 0) is 12.1 Å². The van der Waals surface area contributed by atoms with Crippen molar-refractivity contribution in [3.05, 3.63) is 48.2 Å². The quantitative estimate of drug-likeness (QED) is 0.788. The van der Waals surface area contributed by atoms with E-state index in [1.807, 2.05) is 30.3 Å². The lowest BCUT2D eigenvalue weighted by atomic mass is 10.1. The largest absolute Gasteiger partial charge is 0.455 e. The highest BCUT2D eigenvalue weighted by Gasteiger charge is 2.43. The van der Waals surface area contributed by atoms with Gasteiger partial charge in [-0.1, -0.05) is 18.2 Å². The molecule has 2 aromatic heterocycles. The molecule has 20 heavy (non-hydrogen) atoms. The third kappa shape index (κ3) is 1.81. The fraction of sp³-hybridized carbons (Fsp3) is 0.286. The van der Waals surface area contributed by atoms with Gasteiger partial charge in [0.25, 0.3) is 0 Å². The summed E-state index contributed by atoms with van der Waals surface area (Å²) in [4.78, 5) is 4.14. The Hall–Kier alpha value is -2.18. The van der Waals surface area contributed by atoms with Crippen LogP contribution in [0.3, 0.4) is 0 Å². The second-order valence-electron chi connectivity index (χ2n) is 4.71. The lowest BCUT2D eigenvalue weighted by Crippen LogP contribution is -2.30. The second kappa shape index (κ2) is 4.43. The first-order valence-electron chi connectivity index (χ1n) is 6.47. The molecule has 1 aliphatic rings. The lowest BCUT2D eigenvalue weighted by molar-refractivity contribution is -0.177. The van der Waals surface area contributed by atoms with Gasteiger partial charge in [-0.25, -0.2) is 4.98 Å². The zero-order chi connectivity index (χ0) is 13.4. The van der Waals surface area contributed by atoms with Crippen molar-refractivity contribution in [2.75, 3.05) is 13.2 Å². The SMILES string of the molecule is c1ccc2oc(C3(Cc4ncn[nH]4)OCCO3)cc2c1. The van der Waals surface area contributed by atoms with Crippen LogP contribution in [-0.2, 0) is 21.7 Å². The first kappa shape index (κ1) is 11.6. The van der Waals surface area contributed by atoms with Crippen molar-refractivity contribution in [2.24, 2.45) is 0 Å². The van der Waals surface area contributed by atoms with E-state index in [0.717, 1.165) is 11.0 Å². The van der Waals surface area contributed by atoms with Crippen LogP contribution >= 0.6 is 0 Å². The molecule has 6 heteroatoms. The standard InChI is InChI=1S/C14H13N3O3/c1-2-4-11-10(3-1)7-12(20-11)14(18-5-6-19-14)8-13-15-9-16-17-13/h1-4,7,9H,5-6,8H2,(H,15,16,17). The number of nitrogens with one attached hydrogen (secondary N) is 1. The molecule has 0 atom stereocenters. The van der Waals surface area contributed by atoms with E-state index in [1.54, 1.807) is 0 Å². The third-order valence-corrected chi connectivity index (χ3v) is 3.42. The summed E-state index contributed by atoms with van der Waals surface area (Å²) in [6.07, 6.45) is 1.91. The Kier molecular flexibility index (Phi) is 2.58. The number of hydrogen-bond donors (Lipinski definition) is 1. The van der Waals surface area contributed by atoms with Crippen LogP contribution in [0.1, 0.15) is 11.6 Å². The molecule has 1 aliphatic heterocycles. The Morgan fingerprint density at radius 1 is 1.20 bits per heavy atom. The van der Waals surface area contributed by atoms with Crippen molar-refractivity contribution < 1.29 is 13.9 Å². The normalized spacial score (nSPS) is 17.8. The average molecular weight is 271 g/mol. The van der Waals surface area contributed by atoms with E-state index < -0.39 is 5.79 Å². The van der Waals surface area contributed by atoms with E-state index >= 15 is 0 Å². The Morgan fingerprint density at radius 3 is 2.80 bits per heavy atom. The van der Waals surface area contributed by atoms with Crippen LogP contribution in [0.25, 0.3) is 11.0 Å². The van der Waals surface area contributed by atoms with Crippen molar-refractivity contribution in [2.45, 2.75) is 12.2 Å². The number of aromatic amines is 1. The summed E-state index contributed by atoms with van der Waals surface area (Å²) >= 11 is 0. The van der Waals surface area contributed by atoms with Crippen LogP contribution in [0.4, 0.5) is 0 Å². The predicted molar refractivity (Wildman–Crippen MR) is 69.9 cm³/mol. The first-order chi connectivity index (χ1) is 9.86. The molecule has 0 bridgehead atoms. The van der Waals surface area contributed by atoms with Gasteiger partial charge in [-0.2, -0.15) is 5.10 Å². The van der Waals surface area contributed by atoms with Gasteiger partial charge >= 0.3 is 0 Å². The number of fused-ring (bicyclic) bond motifs is 1. The van der Waals surface area contributed by atoms with Gasteiger partial charge in [0.15, 0.2) is 5.76 Å². The number of ether oxygens (including phenoxy) is 2. The van der Waals surface area contributed by atoms with Crippen LogP contribution in [-0.4, -0.2) is 28.4 Å². The average Bonchev–Trinajstić information content (AvgIpc) is 3.19. The minimum Gasteiger partial charge on any atom is -0.455 e. The van der Waals surface area contributed by atoms with Gasteiger partial charge in [0.1, 0.15) is 17.7 Å². The fourth-order valence-electron chi connectivity index (χ4n) is 2.49. The Balaban J connectivity index is 1.78. The molecule has 1 N–H and O–H groups in total. The zero-order valence-corrected chi connectivity index (χ0v) is 10.7. The highest BCUT2D eigenvalue weighted by Crippen LogP contribution is 2.37. The fourth-order valence-corrected chi connectivity index (χ4v) is 2.49. The number of nitrogens with zero attached hydrogens (tertiary/aromatic N) is 2. The summed E-state index contributed by atoms with van der Waals surface area (Å²) in [6.45, 7) is 1.07. The summed E-state index contributed by atoms with van der Waals surface area (Å²) in [5, 5.41) is 7.71. The number of rotatable bonds is 3. The van der Waals surface area contributed by atoms with E-state index in [2.05, 4.69) is 15.2 Å². The van der Waals surface area contributed by atoms with E-state index in [-0.39, 0.29) is 0 Å². The molecule has 0 amide bonds. The molecule has 3 heterocycles. The Morgan fingerprint density at radius 2 is 2.05 bits per heavy atom. The summed E-state index contributed by atoms with van der Waals surface area (Å²) in [5.41, 5.74) is 0.818. The Bertz CT molecular complexity index is 681. The zero-order valence-electron chi connectivity index (χ0n) is 10.7. The van der Waals surface area contributed by atoms with Crippen molar-refractivity contribution in [1.82, 2.24) is 15.2 Å². The number of furan rings is 1. The highest BCUT2D eigenvalue weighted by atomic mass is 16.7. The highest BCUT2D eigenvalue weighted by molar-refractivity contribution is 5.77. The summed E-state index contributed by atoms with van der Waals surface area (Å²) < 4.78 is 17.5. The molecular formula is C14H13N3O3. The van der Waals surface area contributed by atoms with Crippen molar-refractivity contribution in [3.8, 4) is 0 Å². The summed E-state index contributed by atoms with van der Waals surface area (Å²) in [5.74, 6) is 0.443. The van der Waals surface area contributed by atoms with Crippen molar-refractivity contribution in [3.63, 3.8) is 0 Å². The van der Waals surface area contributed by atoms with E-state index in [1.165, 1.54) is 6.33 Å².